The minimum absolute atomic E-state index is 0.0870. The van der Waals surface area contributed by atoms with E-state index in [4.69, 9.17) is 9.72 Å². The molecule has 0 spiro atoms. The van der Waals surface area contributed by atoms with Gasteiger partial charge in [0.15, 0.2) is 0 Å². The predicted octanol–water partition coefficient (Wildman–Crippen LogP) is 4.23. The van der Waals surface area contributed by atoms with E-state index in [-0.39, 0.29) is 23.7 Å². The lowest BCUT2D eigenvalue weighted by molar-refractivity contribution is -0.140. The van der Waals surface area contributed by atoms with Crippen molar-refractivity contribution in [2.45, 2.75) is 43.8 Å². The highest BCUT2D eigenvalue weighted by Gasteiger charge is 2.40. The molecular weight excluding hydrogens is 510 g/mol. The van der Waals surface area contributed by atoms with E-state index < -0.39 is 24.7 Å². The number of hydrogen-bond donors (Lipinski definition) is 2. The third kappa shape index (κ3) is 5.30. The molecule has 2 aromatic carbocycles. The normalized spacial score (nSPS) is 20.0. The number of carbonyl (C=O) groups excluding carboxylic acids is 2. The average Bonchev–Trinajstić information content (AvgIpc) is 3.63. The number of aromatic nitrogens is 1. The highest BCUT2D eigenvalue weighted by atomic mass is 32.1. The first-order valence-corrected chi connectivity index (χ1v) is 13.9. The Morgan fingerprint density at radius 3 is 2.66 bits per heavy atom. The molecule has 3 aromatic rings. The Morgan fingerprint density at radius 1 is 1.16 bits per heavy atom. The van der Waals surface area contributed by atoms with Crippen LogP contribution in [-0.2, 0) is 14.3 Å². The molecule has 2 saturated heterocycles. The first-order chi connectivity index (χ1) is 18.5. The first-order valence-electron chi connectivity index (χ1n) is 13.1. The van der Waals surface area contributed by atoms with Crippen LogP contribution in [0.25, 0.3) is 22.0 Å². The minimum Gasteiger partial charge on any atom is -0.381 e. The van der Waals surface area contributed by atoms with E-state index in [9.17, 15) is 18.4 Å². The summed E-state index contributed by atoms with van der Waals surface area (Å²) in [5.74, 6) is -1.04. The average molecular weight is 543 g/mol. The number of likely N-dealkylation sites (N-methyl/N-ethyl adjacent to an activating group) is 1. The van der Waals surface area contributed by atoms with Gasteiger partial charge in [-0.15, -0.1) is 11.3 Å². The Balaban J connectivity index is 1.41. The van der Waals surface area contributed by atoms with Gasteiger partial charge in [0.05, 0.1) is 11.7 Å². The molecule has 38 heavy (non-hydrogen) atoms. The molecule has 3 heterocycles. The molecule has 0 bridgehead atoms. The fourth-order valence-electron chi connectivity index (χ4n) is 5.48. The number of fused-ring (bicyclic) bond motifs is 1. The van der Waals surface area contributed by atoms with Crippen LogP contribution in [0.5, 0.6) is 0 Å². The second-order valence-corrected chi connectivity index (χ2v) is 10.7. The number of ether oxygens (including phenoxy) is 1. The lowest BCUT2D eigenvalue weighted by Crippen LogP contribution is -2.57. The summed E-state index contributed by atoms with van der Waals surface area (Å²) >= 11 is 1.48. The SMILES string of the molecule is CNC(CF)C(=O)N[C@H](C(=O)N1CCC[C@H]1c1nc(-c2ccc(F)c3ccccc23)cs1)C1CCOCC1. The molecule has 3 atom stereocenters. The van der Waals surface area contributed by atoms with Crippen molar-refractivity contribution >= 4 is 33.9 Å². The van der Waals surface area contributed by atoms with Crippen LogP contribution in [0.3, 0.4) is 0 Å². The fraction of sp³-hybridized carbons (Fsp3) is 0.464. The van der Waals surface area contributed by atoms with E-state index >= 15 is 0 Å². The molecule has 0 aliphatic carbocycles. The van der Waals surface area contributed by atoms with E-state index in [1.807, 2.05) is 28.5 Å². The van der Waals surface area contributed by atoms with Crippen LogP contribution in [0.4, 0.5) is 8.78 Å². The van der Waals surface area contributed by atoms with Gasteiger partial charge in [-0.1, -0.05) is 24.3 Å². The smallest absolute Gasteiger partial charge is 0.246 e. The standard InChI is InChI=1S/C28H32F2N4O3S/c1-31-22(15-29)26(35)33-25(17-10-13-37-14-11-17)28(36)34-12-4-7-24(34)27-32-23(16-38-27)20-8-9-21(30)19-6-3-2-5-18(19)20/h2-3,5-6,8-9,16-17,22,24-25,31H,4,7,10-15H2,1H3,(H,33,35)/t22?,24-,25-/m0/s1. The van der Waals surface area contributed by atoms with Gasteiger partial charge in [-0.3, -0.25) is 9.59 Å². The van der Waals surface area contributed by atoms with Gasteiger partial charge in [-0.25, -0.2) is 13.8 Å². The highest BCUT2D eigenvalue weighted by molar-refractivity contribution is 7.10. The van der Waals surface area contributed by atoms with Crippen molar-refractivity contribution in [3.05, 3.63) is 52.6 Å². The van der Waals surface area contributed by atoms with Crippen LogP contribution in [0, 0.1) is 11.7 Å². The molecule has 0 saturated carbocycles. The first kappa shape index (κ1) is 26.6. The molecule has 202 valence electrons. The number of carbonyl (C=O) groups is 2. The molecule has 1 aromatic heterocycles. The number of alkyl halides is 1. The molecule has 5 rings (SSSR count). The number of hydrogen-bond acceptors (Lipinski definition) is 6. The lowest BCUT2D eigenvalue weighted by atomic mass is 9.90. The second-order valence-electron chi connectivity index (χ2n) is 9.83. The molecule has 7 nitrogen and oxygen atoms in total. The van der Waals surface area contributed by atoms with Crippen LogP contribution in [-0.4, -0.2) is 67.3 Å². The molecule has 2 amide bonds. The van der Waals surface area contributed by atoms with Crippen molar-refractivity contribution < 1.29 is 23.1 Å². The summed E-state index contributed by atoms with van der Waals surface area (Å²) in [6.07, 6.45) is 2.88. The van der Waals surface area contributed by atoms with E-state index in [0.717, 1.165) is 34.5 Å². The summed E-state index contributed by atoms with van der Waals surface area (Å²) in [5, 5.41) is 9.62. The van der Waals surface area contributed by atoms with Gasteiger partial charge >= 0.3 is 0 Å². The predicted molar refractivity (Wildman–Crippen MR) is 143 cm³/mol. The van der Waals surface area contributed by atoms with Crippen molar-refractivity contribution in [3.63, 3.8) is 0 Å². The Bertz CT molecular complexity index is 1290. The topological polar surface area (TPSA) is 83.6 Å². The van der Waals surface area contributed by atoms with Crippen LogP contribution in [0.2, 0.25) is 0 Å². The maximum Gasteiger partial charge on any atom is 0.246 e. The Morgan fingerprint density at radius 2 is 1.92 bits per heavy atom. The maximum absolute atomic E-state index is 14.4. The largest absolute Gasteiger partial charge is 0.381 e. The lowest BCUT2D eigenvalue weighted by Gasteiger charge is -2.35. The zero-order valence-corrected chi connectivity index (χ0v) is 22.1. The molecule has 2 fully saturated rings. The summed E-state index contributed by atoms with van der Waals surface area (Å²) in [4.78, 5) is 33.4. The fourth-order valence-corrected chi connectivity index (χ4v) is 6.44. The Hall–Kier alpha value is -2.95. The van der Waals surface area contributed by atoms with Crippen LogP contribution >= 0.6 is 11.3 Å². The summed E-state index contributed by atoms with van der Waals surface area (Å²) < 4.78 is 33.2. The second kappa shape index (κ2) is 11.8. The molecular formula is C28H32F2N4O3S. The summed E-state index contributed by atoms with van der Waals surface area (Å²) in [6, 6.07) is 8.55. The third-order valence-corrected chi connectivity index (χ3v) is 8.56. The van der Waals surface area contributed by atoms with Crippen LogP contribution in [0.15, 0.2) is 41.8 Å². The number of halogens is 2. The summed E-state index contributed by atoms with van der Waals surface area (Å²) in [7, 11) is 1.52. The van der Waals surface area contributed by atoms with E-state index in [1.165, 1.54) is 24.5 Å². The molecule has 0 radical (unpaired) electrons. The van der Waals surface area contributed by atoms with Gasteiger partial charge < -0.3 is 20.3 Å². The van der Waals surface area contributed by atoms with Crippen LogP contribution < -0.4 is 10.6 Å². The molecule has 2 aliphatic rings. The number of rotatable bonds is 8. The number of nitrogens with one attached hydrogen (secondary N) is 2. The maximum atomic E-state index is 14.4. The summed E-state index contributed by atoms with van der Waals surface area (Å²) in [5.41, 5.74) is 1.59. The number of nitrogens with zero attached hydrogens (tertiary/aromatic N) is 2. The monoisotopic (exact) mass is 542 g/mol. The number of benzene rings is 2. The van der Waals surface area contributed by atoms with Crippen molar-refractivity contribution in [2.24, 2.45) is 5.92 Å². The molecule has 10 heteroatoms. The van der Waals surface area contributed by atoms with Gasteiger partial charge in [-0.05, 0) is 56.2 Å². The Kier molecular flexibility index (Phi) is 8.30. The van der Waals surface area contributed by atoms with Gasteiger partial charge in [0.2, 0.25) is 11.8 Å². The van der Waals surface area contributed by atoms with Gasteiger partial charge in [-0.2, -0.15) is 0 Å². The van der Waals surface area contributed by atoms with Crippen molar-refractivity contribution in [1.29, 1.82) is 0 Å². The van der Waals surface area contributed by atoms with Crippen molar-refractivity contribution in [2.75, 3.05) is 33.5 Å². The van der Waals surface area contributed by atoms with Gasteiger partial charge in [0.25, 0.3) is 0 Å². The minimum atomic E-state index is -1.01. The van der Waals surface area contributed by atoms with Crippen LogP contribution in [0.1, 0.15) is 36.7 Å². The number of thiazole rings is 1. The zero-order chi connectivity index (χ0) is 26.6. The number of amides is 2. The molecule has 1 unspecified atom stereocenters. The third-order valence-electron chi connectivity index (χ3n) is 7.61. The molecule has 2 aliphatic heterocycles. The molecule has 2 N–H and O–H groups in total. The van der Waals surface area contributed by atoms with Crippen molar-refractivity contribution in [1.82, 2.24) is 20.5 Å². The van der Waals surface area contributed by atoms with E-state index in [1.54, 1.807) is 12.1 Å². The van der Waals surface area contributed by atoms with E-state index in [2.05, 4.69) is 10.6 Å². The Labute approximate surface area is 224 Å². The highest BCUT2D eigenvalue weighted by Crippen LogP contribution is 2.38. The van der Waals surface area contributed by atoms with Gasteiger partial charge in [0.1, 0.15) is 29.6 Å². The summed E-state index contributed by atoms with van der Waals surface area (Å²) in [6.45, 7) is 0.747. The van der Waals surface area contributed by atoms with Crippen molar-refractivity contribution in [3.8, 4) is 11.3 Å². The van der Waals surface area contributed by atoms with E-state index in [0.29, 0.717) is 38.0 Å². The number of likely N-dealkylation sites (tertiary alicyclic amines) is 1. The zero-order valence-electron chi connectivity index (χ0n) is 21.3. The quantitative estimate of drug-likeness (QED) is 0.445. The van der Waals surface area contributed by atoms with Gasteiger partial charge in [0, 0.05) is 36.1 Å².